The second-order valence-corrected chi connectivity index (χ2v) is 7.91. The lowest BCUT2D eigenvalue weighted by Crippen LogP contribution is -2.11. The van der Waals surface area contributed by atoms with Crippen molar-refractivity contribution in [2.45, 2.75) is 0 Å². The molecule has 4 aromatic rings. The highest BCUT2D eigenvalue weighted by Gasteiger charge is 2.18. The van der Waals surface area contributed by atoms with Crippen LogP contribution < -0.4 is 5.32 Å². The Morgan fingerprint density at radius 3 is 2.35 bits per heavy atom. The Balaban J connectivity index is 1.74. The Morgan fingerprint density at radius 2 is 1.71 bits per heavy atom. The van der Waals surface area contributed by atoms with E-state index in [0.29, 0.717) is 21.4 Å². The molecule has 31 heavy (non-hydrogen) atoms. The van der Waals surface area contributed by atoms with Gasteiger partial charge < -0.3 is 0 Å². The van der Waals surface area contributed by atoms with Gasteiger partial charge in [0.15, 0.2) is 5.13 Å². The molecule has 1 aromatic heterocycles. The molecule has 0 saturated heterocycles. The van der Waals surface area contributed by atoms with Crippen molar-refractivity contribution < 1.29 is 14.1 Å². The SMILES string of the molecule is O=C(Nc1nc(-c2ccc([N+](=O)[O-])cc2)c(-c2ccc(Cl)cc2)s1)c1cccc(F)c1. The van der Waals surface area contributed by atoms with Crippen molar-refractivity contribution in [1.82, 2.24) is 4.98 Å². The minimum Gasteiger partial charge on any atom is -0.298 e. The lowest BCUT2D eigenvalue weighted by molar-refractivity contribution is -0.384. The minimum absolute atomic E-state index is 0.0355. The maximum absolute atomic E-state index is 13.4. The average molecular weight is 454 g/mol. The Kier molecular flexibility index (Phi) is 5.75. The number of nitro benzene ring substituents is 1. The molecule has 0 saturated carbocycles. The van der Waals surface area contributed by atoms with Crippen molar-refractivity contribution in [3.05, 3.63) is 99.3 Å². The fourth-order valence-corrected chi connectivity index (χ4v) is 4.02. The van der Waals surface area contributed by atoms with E-state index in [4.69, 9.17) is 11.6 Å². The molecule has 0 bridgehead atoms. The van der Waals surface area contributed by atoms with E-state index in [0.717, 1.165) is 16.5 Å². The standard InChI is InChI=1S/C22H13ClFN3O3S/c23-16-8-4-14(5-9-16)20-19(13-6-10-18(11-7-13)27(29)30)25-22(31-20)26-21(28)15-2-1-3-17(24)12-15/h1-12H,(H,25,26,28). The highest BCUT2D eigenvalue weighted by Crippen LogP contribution is 2.40. The molecule has 154 valence electrons. The molecule has 1 amide bonds. The number of nitrogens with one attached hydrogen (secondary N) is 1. The number of halogens is 2. The lowest BCUT2D eigenvalue weighted by atomic mass is 10.1. The number of hydrogen-bond acceptors (Lipinski definition) is 5. The number of carbonyl (C=O) groups is 1. The fourth-order valence-electron chi connectivity index (χ4n) is 2.91. The zero-order chi connectivity index (χ0) is 22.0. The number of non-ortho nitro benzene ring substituents is 1. The molecular formula is C22H13ClFN3O3S. The number of thiazole rings is 1. The number of carbonyl (C=O) groups excluding carboxylic acids is 1. The molecule has 0 unspecified atom stereocenters. The van der Waals surface area contributed by atoms with E-state index in [2.05, 4.69) is 10.3 Å². The van der Waals surface area contributed by atoms with Gasteiger partial charge in [0.2, 0.25) is 0 Å². The third-order valence-corrected chi connectivity index (χ3v) is 5.66. The van der Waals surface area contributed by atoms with Crippen molar-refractivity contribution in [1.29, 1.82) is 0 Å². The largest absolute Gasteiger partial charge is 0.298 e. The second kappa shape index (κ2) is 8.63. The first-order chi connectivity index (χ1) is 14.9. The summed E-state index contributed by atoms with van der Waals surface area (Å²) >= 11 is 7.23. The number of nitrogens with zero attached hydrogens (tertiary/aromatic N) is 2. The van der Waals surface area contributed by atoms with Gasteiger partial charge in [0.05, 0.1) is 15.5 Å². The summed E-state index contributed by atoms with van der Waals surface area (Å²) in [5, 5.41) is 14.5. The molecule has 1 heterocycles. The van der Waals surface area contributed by atoms with E-state index < -0.39 is 16.6 Å². The van der Waals surface area contributed by atoms with Gasteiger partial charge in [-0.3, -0.25) is 20.2 Å². The molecule has 0 aliphatic heterocycles. The van der Waals surface area contributed by atoms with Crippen molar-refractivity contribution in [3.8, 4) is 21.7 Å². The molecule has 0 spiro atoms. The van der Waals surface area contributed by atoms with Crippen molar-refractivity contribution >= 4 is 39.7 Å². The molecule has 6 nitrogen and oxygen atoms in total. The number of anilines is 1. The van der Waals surface area contributed by atoms with Crippen LogP contribution in [0, 0.1) is 15.9 Å². The summed E-state index contributed by atoms with van der Waals surface area (Å²) in [6, 6.07) is 18.5. The van der Waals surface area contributed by atoms with Crippen LogP contribution in [0.2, 0.25) is 5.02 Å². The monoisotopic (exact) mass is 453 g/mol. The lowest BCUT2D eigenvalue weighted by Gasteiger charge is -2.03. The summed E-state index contributed by atoms with van der Waals surface area (Å²) in [4.78, 5) is 28.3. The van der Waals surface area contributed by atoms with Crippen LogP contribution in [0.15, 0.2) is 72.8 Å². The van der Waals surface area contributed by atoms with Crippen LogP contribution in [-0.2, 0) is 0 Å². The third-order valence-electron chi connectivity index (χ3n) is 4.39. The fraction of sp³-hybridized carbons (Fsp3) is 0. The Bertz CT molecular complexity index is 1270. The van der Waals surface area contributed by atoms with Gasteiger partial charge in [0.25, 0.3) is 11.6 Å². The molecule has 0 aliphatic carbocycles. The van der Waals surface area contributed by atoms with Gasteiger partial charge >= 0.3 is 0 Å². The average Bonchev–Trinajstić information content (AvgIpc) is 3.18. The summed E-state index contributed by atoms with van der Waals surface area (Å²) in [6.45, 7) is 0. The zero-order valence-electron chi connectivity index (χ0n) is 15.7. The normalized spacial score (nSPS) is 10.6. The van der Waals surface area contributed by atoms with Crippen LogP contribution in [0.4, 0.5) is 15.2 Å². The highest BCUT2D eigenvalue weighted by molar-refractivity contribution is 7.19. The second-order valence-electron chi connectivity index (χ2n) is 6.47. The Morgan fingerprint density at radius 1 is 1.03 bits per heavy atom. The molecule has 0 fully saturated rings. The summed E-state index contributed by atoms with van der Waals surface area (Å²) in [7, 11) is 0. The number of hydrogen-bond donors (Lipinski definition) is 1. The van der Waals surface area contributed by atoms with Gasteiger partial charge in [-0.1, -0.05) is 41.1 Å². The summed E-state index contributed by atoms with van der Waals surface area (Å²) in [6.07, 6.45) is 0. The zero-order valence-corrected chi connectivity index (χ0v) is 17.3. The van der Waals surface area contributed by atoms with Crippen molar-refractivity contribution in [2.24, 2.45) is 0 Å². The van der Waals surface area contributed by atoms with Gasteiger partial charge in [-0.2, -0.15) is 0 Å². The molecule has 0 aliphatic rings. The van der Waals surface area contributed by atoms with Gasteiger partial charge in [-0.25, -0.2) is 9.37 Å². The minimum atomic E-state index is -0.514. The topological polar surface area (TPSA) is 85.1 Å². The Labute approximate surface area is 185 Å². The molecule has 0 atom stereocenters. The third kappa shape index (κ3) is 4.60. The van der Waals surface area contributed by atoms with E-state index in [-0.39, 0.29) is 11.3 Å². The summed E-state index contributed by atoms with van der Waals surface area (Å²) < 4.78 is 13.4. The molecule has 0 radical (unpaired) electrons. The number of benzene rings is 3. The van der Waals surface area contributed by atoms with Crippen LogP contribution in [0.5, 0.6) is 0 Å². The van der Waals surface area contributed by atoms with Crippen LogP contribution in [0.1, 0.15) is 10.4 Å². The molecule has 4 rings (SSSR count). The number of rotatable bonds is 5. The van der Waals surface area contributed by atoms with Crippen LogP contribution in [0.3, 0.4) is 0 Å². The maximum atomic E-state index is 13.4. The van der Waals surface area contributed by atoms with Gasteiger partial charge in [-0.05, 0) is 48.0 Å². The molecule has 3 aromatic carbocycles. The van der Waals surface area contributed by atoms with E-state index in [1.165, 1.54) is 41.7 Å². The number of amides is 1. The van der Waals surface area contributed by atoms with E-state index >= 15 is 0 Å². The van der Waals surface area contributed by atoms with Crippen LogP contribution in [0.25, 0.3) is 21.7 Å². The predicted octanol–water partition coefficient (Wildman–Crippen LogP) is 6.43. The summed E-state index contributed by atoms with van der Waals surface area (Å²) in [5.41, 5.74) is 2.16. The molecule has 1 N–H and O–H groups in total. The first-order valence-electron chi connectivity index (χ1n) is 8.99. The summed E-state index contributed by atoms with van der Waals surface area (Å²) in [5.74, 6) is -1.01. The molecule has 9 heteroatoms. The quantitative estimate of drug-likeness (QED) is 0.278. The van der Waals surface area contributed by atoms with E-state index in [1.54, 1.807) is 24.3 Å². The first-order valence-corrected chi connectivity index (χ1v) is 10.2. The van der Waals surface area contributed by atoms with Crippen molar-refractivity contribution in [2.75, 3.05) is 5.32 Å². The smallest absolute Gasteiger partial charge is 0.269 e. The number of nitro groups is 1. The predicted molar refractivity (Wildman–Crippen MR) is 119 cm³/mol. The molecular weight excluding hydrogens is 441 g/mol. The van der Waals surface area contributed by atoms with Gasteiger partial charge in [0, 0.05) is 28.3 Å². The highest BCUT2D eigenvalue weighted by atomic mass is 35.5. The van der Waals surface area contributed by atoms with Gasteiger partial charge in [-0.15, -0.1) is 0 Å². The van der Waals surface area contributed by atoms with Crippen LogP contribution in [-0.4, -0.2) is 15.8 Å². The first kappa shape index (κ1) is 20.6. The van der Waals surface area contributed by atoms with Gasteiger partial charge in [0.1, 0.15) is 5.82 Å². The van der Waals surface area contributed by atoms with Crippen molar-refractivity contribution in [3.63, 3.8) is 0 Å². The number of aromatic nitrogens is 1. The van der Waals surface area contributed by atoms with E-state index in [1.807, 2.05) is 12.1 Å². The Hall–Kier alpha value is -3.62. The van der Waals surface area contributed by atoms with Crippen LogP contribution >= 0.6 is 22.9 Å². The van der Waals surface area contributed by atoms with E-state index in [9.17, 15) is 19.3 Å². The maximum Gasteiger partial charge on any atom is 0.269 e.